The van der Waals surface area contributed by atoms with Gasteiger partial charge in [0.05, 0.1) is 11.4 Å². The number of aryl methyl sites for hydroxylation is 2. The molecule has 0 unspecified atom stereocenters. The first-order valence-corrected chi connectivity index (χ1v) is 10.1. The van der Waals surface area contributed by atoms with E-state index in [-0.39, 0.29) is 5.91 Å². The molecule has 0 atom stereocenters. The Morgan fingerprint density at radius 1 is 1.14 bits per heavy atom. The maximum absolute atomic E-state index is 12.4. The minimum absolute atomic E-state index is 0.218. The number of nitrogens with one attached hydrogen (secondary N) is 1. The topological polar surface area (TPSA) is 85.6 Å². The minimum Gasteiger partial charge on any atom is -0.297 e. The Balaban J connectivity index is 1.56. The first-order valence-electron chi connectivity index (χ1n) is 9.29. The summed E-state index contributed by atoms with van der Waals surface area (Å²) in [6.07, 6.45) is 0.951. The highest BCUT2D eigenvalue weighted by Crippen LogP contribution is 2.24. The molecule has 0 fully saturated rings. The molecule has 2 aromatic heterocycles. The third-order valence-electron chi connectivity index (χ3n) is 4.63. The van der Waals surface area contributed by atoms with Crippen LogP contribution in [0.5, 0.6) is 0 Å². The highest BCUT2D eigenvalue weighted by atomic mass is 32.1. The van der Waals surface area contributed by atoms with Gasteiger partial charge in [0.2, 0.25) is 5.13 Å². The molecule has 0 saturated heterocycles. The molecule has 4 rings (SSSR count). The summed E-state index contributed by atoms with van der Waals surface area (Å²) < 4.78 is 6.13. The molecule has 8 heteroatoms. The number of aromatic nitrogens is 5. The summed E-state index contributed by atoms with van der Waals surface area (Å²) in [5.74, 6) is 0.231. The molecular formula is C21H20N6OS. The summed E-state index contributed by atoms with van der Waals surface area (Å²) in [7, 11) is 0. The molecule has 146 valence electrons. The van der Waals surface area contributed by atoms with Gasteiger partial charge in [-0.25, -0.2) is 4.68 Å². The summed E-state index contributed by atoms with van der Waals surface area (Å²) in [4.78, 5) is 16.8. The van der Waals surface area contributed by atoms with Crippen molar-refractivity contribution in [2.45, 2.75) is 27.2 Å². The Morgan fingerprint density at radius 3 is 2.69 bits per heavy atom. The lowest BCUT2D eigenvalue weighted by Gasteiger charge is -2.05. The fourth-order valence-corrected chi connectivity index (χ4v) is 3.50. The van der Waals surface area contributed by atoms with E-state index in [0.717, 1.165) is 34.9 Å². The van der Waals surface area contributed by atoms with Crippen molar-refractivity contribution in [1.29, 1.82) is 0 Å². The van der Waals surface area contributed by atoms with Gasteiger partial charge in [0.15, 0.2) is 11.5 Å². The number of rotatable bonds is 5. The van der Waals surface area contributed by atoms with E-state index >= 15 is 0 Å². The summed E-state index contributed by atoms with van der Waals surface area (Å²) >= 11 is 1.12. The number of anilines is 1. The maximum atomic E-state index is 12.4. The van der Waals surface area contributed by atoms with Gasteiger partial charge in [-0.2, -0.15) is 9.36 Å². The second kappa shape index (κ2) is 7.92. The lowest BCUT2D eigenvalue weighted by molar-refractivity contribution is 0.102. The SMILES string of the molecule is CCc1cccc(-n2nnc(-c3nsc(NC(=O)c4ccc(C)cc4)n3)c2C)c1. The first-order chi connectivity index (χ1) is 14.0. The van der Waals surface area contributed by atoms with Crippen LogP contribution in [-0.2, 0) is 6.42 Å². The van der Waals surface area contributed by atoms with Gasteiger partial charge < -0.3 is 0 Å². The first kappa shape index (κ1) is 18.9. The summed E-state index contributed by atoms with van der Waals surface area (Å²) in [6, 6.07) is 15.5. The normalized spacial score (nSPS) is 10.9. The predicted octanol–water partition coefficient (Wildman–Crippen LogP) is 4.22. The molecular weight excluding hydrogens is 384 g/mol. The van der Waals surface area contributed by atoms with E-state index in [9.17, 15) is 4.79 Å². The molecule has 1 N–H and O–H groups in total. The maximum Gasteiger partial charge on any atom is 0.257 e. The van der Waals surface area contributed by atoms with Crippen molar-refractivity contribution < 1.29 is 4.79 Å². The lowest BCUT2D eigenvalue weighted by atomic mass is 10.1. The number of hydrogen-bond acceptors (Lipinski definition) is 6. The molecule has 0 aliphatic carbocycles. The van der Waals surface area contributed by atoms with Gasteiger partial charge in [0, 0.05) is 17.1 Å². The molecule has 0 radical (unpaired) electrons. The van der Waals surface area contributed by atoms with Gasteiger partial charge in [-0.15, -0.1) is 5.10 Å². The van der Waals surface area contributed by atoms with Crippen LogP contribution in [0, 0.1) is 13.8 Å². The standard InChI is InChI=1S/C21H20N6OS/c1-4-15-6-5-7-17(12-15)27-14(3)18(24-26-27)19-22-21(29-25-19)23-20(28)16-10-8-13(2)9-11-16/h5-12H,4H2,1-3H3,(H,22,23,25,28). The fraction of sp³-hybridized carbons (Fsp3) is 0.190. The highest BCUT2D eigenvalue weighted by Gasteiger charge is 2.18. The van der Waals surface area contributed by atoms with Crippen LogP contribution < -0.4 is 5.32 Å². The van der Waals surface area contributed by atoms with Gasteiger partial charge in [-0.1, -0.05) is 42.0 Å². The molecule has 0 aliphatic heterocycles. The molecule has 7 nitrogen and oxygen atoms in total. The van der Waals surface area contributed by atoms with Gasteiger partial charge in [-0.05, 0) is 50.1 Å². The van der Waals surface area contributed by atoms with Crippen LogP contribution in [-0.4, -0.2) is 30.3 Å². The Kier molecular flexibility index (Phi) is 5.18. The molecule has 0 spiro atoms. The Bertz CT molecular complexity index is 1160. The molecule has 1 amide bonds. The number of carbonyl (C=O) groups excluding carboxylic acids is 1. The van der Waals surface area contributed by atoms with Gasteiger partial charge in [-0.3, -0.25) is 10.1 Å². The third kappa shape index (κ3) is 3.93. The van der Waals surface area contributed by atoms with Gasteiger partial charge >= 0.3 is 0 Å². The fourth-order valence-electron chi connectivity index (χ4n) is 2.93. The highest BCUT2D eigenvalue weighted by molar-refractivity contribution is 7.10. The zero-order valence-electron chi connectivity index (χ0n) is 16.4. The quantitative estimate of drug-likeness (QED) is 0.538. The van der Waals surface area contributed by atoms with Crippen molar-refractivity contribution in [1.82, 2.24) is 24.4 Å². The van der Waals surface area contributed by atoms with E-state index in [1.165, 1.54) is 5.56 Å². The van der Waals surface area contributed by atoms with E-state index in [0.29, 0.717) is 22.2 Å². The second-order valence-corrected chi connectivity index (χ2v) is 7.45. The Hall–Kier alpha value is -3.39. The predicted molar refractivity (Wildman–Crippen MR) is 114 cm³/mol. The molecule has 4 aromatic rings. The smallest absolute Gasteiger partial charge is 0.257 e. The average molecular weight is 404 g/mol. The summed E-state index contributed by atoms with van der Waals surface area (Å²) in [6.45, 7) is 6.02. The Morgan fingerprint density at radius 2 is 1.93 bits per heavy atom. The van der Waals surface area contributed by atoms with Crippen molar-refractivity contribution in [2.75, 3.05) is 5.32 Å². The zero-order valence-corrected chi connectivity index (χ0v) is 17.2. The molecule has 2 aromatic carbocycles. The van der Waals surface area contributed by atoms with Crippen molar-refractivity contribution in [2.24, 2.45) is 0 Å². The second-order valence-electron chi connectivity index (χ2n) is 6.70. The van der Waals surface area contributed by atoms with E-state index in [1.54, 1.807) is 16.8 Å². The number of amides is 1. The minimum atomic E-state index is -0.218. The molecule has 0 saturated carbocycles. The van der Waals surface area contributed by atoms with E-state index in [1.807, 2.05) is 38.1 Å². The van der Waals surface area contributed by atoms with Crippen molar-refractivity contribution in [3.05, 3.63) is 70.9 Å². The molecule has 2 heterocycles. The van der Waals surface area contributed by atoms with Crippen molar-refractivity contribution in [3.63, 3.8) is 0 Å². The third-order valence-corrected chi connectivity index (χ3v) is 5.26. The van der Waals surface area contributed by atoms with Crippen LogP contribution in [0.25, 0.3) is 17.2 Å². The van der Waals surface area contributed by atoms with Crippen LogP contribution in [0.3, 0.4) is 0 Å². The van der Waals surface area contributed by atoms with Crippen LogP contribution >= 0.6 is 11.5 Å². The van der Waals surface area contributed by atoms with E-state index in [2.05, 4.69) is 44.0 Å². The molecule has 29 heavy (non-hydrogen) atoms. The zero-order chi connectivity index (χ0) is 20.4. The monoisotopic (exact) mass is 404 g/mol. The summed E-state index contributed by atoms with van der Waals surface area (Å²) in [5.41, 5.74) is 5.29. The lowest BCUT2D eigenvalue weighted by Crippen LogP contribution is -2.11. The Labute approximate surface area is 172 Å². The van der Waals surface area contributed by atoms with Gasteiger partial charge in [0.25, 0.3) is 5.91 Å². The van der Waals surface area contributed by atoms with Crippen LogP contribution in [0.1, 0.15) is 34.1 Å². The number of benzene rings is 2. The number of carbonyl (C=O) groups is 1. The largest absolute Gasteiger partial charge is 0.297 e. The van der Waals surface area contributed by atoms with Crippen LogP contribution in [0.2, 0.25) is 0 Å². The average Bonchev–Trinajstić information content (AvgIpc) is 3.34. The van der Waals surface area contributed by atoms with Crippen molar-refractivity contribution in [3.8, 4) is 17.2 Å². The van der Waals surface area contributed by atoms with E-state index in [4.69, 9.17) is 0 Å². The van der Waals surface area contributed by atoms with Gasteiger partial charge in [0.1, 0.15) is 0 Å². The molecule has 0 bridgehead atoms. The van der Waals surface area contributed by atoms with Crippen LogP contribution in [0.4, 0.5) is 5.13 Å². The number of nitrogens with zero attached hydrogens (tertiary/aromatic N) is 5. The van der Waals surface area contributed by atoms with E-state index < -0.39 is 0 Å². The van der Waals surface area contributed by atoms with Crippen LogP contribution in [0.15, 0.2) is 48.5 Å². The summed E-state index contributed by atoms with van der Waals surface area (Å²) in [5, 5.41) is 11.7. The molecule has 0 aliphatic rings. The number of hydrogen-bond donors (Lipinski definition) is 1. The van der Waals surface area contributed by atoms with Crippen molar-refractivity contribution >= 4 is 22.6 Å².